The molecule has 198 valence electrons. The highest BCUT2D eigenvalue weighted by Gasteiger charge is 2.35. The van der Waals surface area contributed by atoms with Gasteiger partial charge in [0.2, 0.25) is 0 Å². The van der Waals surface area contributed by atoms with Crippen LogP contribution in [-0.2, 0) is 14.9 Å². The number of hydrogen-bond acceptors (Lipinski definition) is 7. The van der Waals surface area contributed by atoms with Crippen molar-refractivity contribution < 1.29 is 26.9 Å². The van der Waals surface area contributed by atoms with E-state index < -0.39 is 21.3 Å². The first-order valence-corrected chi connectivity index (χ1v) is 14.4. The minimum atomic E-state index is -4.15. The molecule has 39 heavy (non-hydrogen) atoms. The van der Waals surface area contributed by atoms with Crippen molar-refractivity contribution in [2.45, 2.75) is 18.7 Å². The fraction of sp³-hybridized carbons (Fsp3) is 0.133. The standard InChI is InChI=1S/C30H25NO6S2/c1-20-10-13-24(14-11-20)39(34,35)37-27-15-12-22-7-3-4-9-25(22)26(27)19-28-29(32)31(30(33)38-28)16-17-36-23-8-5-6-21(2)18-23/h3-15,18-19H,16-17H2,1-2H3/b28-19-. The van der Waals surface area contributed by atoms with Crippen molar-refractivity contribution in [2.24, 2.45) is 0 Å². The number of aryl methyl sites for hydroxylation is 2. The van der Waals surface area contributed by atoms with Gasteiger partial charge in [0.25, 0.3) is 11.1 Å². The molecule has 0 N–H and O–H groups in total. The van der Waals surface area contributed by atoms with Gasteiger partial charge in [-0.2, -0.15) is 8.42 Å². The molecule has 1 saturated heterocycles. The number of thioether (sulfide) groups is 1. The Morgan fingerprint density at radius 2 is 1.64 bits per heavy atom. The molecule has 0 atom stereocenters. The fourth-order valence-electron chi connectivity index (χ4n) is 4.15. The highest BCUT2D eigenvalue weighted by Crippen LogP contribution is 2.37. The second-order valence-electron chi connectivity index (χ2n) is 9.05. The zero-order chi connectivity index (χ0) is 27.6. The minimum absolute atomic E-state index is 0.0149. The number of ether oxygens (including phenoxy) is 1. The Labute approximate surface area is 231 Å². The lowest BCUT2D eigenvalue weighted by Gasteiger charge is -2.14. The Morgan fingerprint density at radius 1 is 0.872 bits per heavy atom. The summed E-state index contributed by atoms with van der Waals surface area (Å²) in [6.07, 6.45) is 1.52. The van der Waals surface area contributed by atoms with E-state index in [9.17, 15) is 18.0 Å². The number of imide groups is 1. The van der Waals surface area contributed by atoms with Gasteiger partial charge in [0.15, 0.2) is 5.75 Å². The van der Waals surface area contributed by atoms with E-state index in [0.717, 1.165) is 33.2 Å². The van der Waals surface area contributed by atoms with E-state index >= 15 is 0 Å². The molecule has 1 fully saturated rings. The van der Waals surface area contributed by atoms with Crippen LogP contribution in [0.25, 0.3) is 16.8 Å². The van der Waals surface area contributed by atoms with Gasteiger partial charge in [-0.15, -0.1) is 0 Å². The molecule has 0 aliphatic carbocycles. The third-order valence-corrected chi connectivity index (χ3v) is 8.32. The zero-order valence-corrected chi connectivity index (χ0v) is 22.9. The third-order valence-electron chi connectivity index (χ3n) is 6.16. The maximum atomic E-state index is 13.2. The summed E-state index contributed by atoms with van der Waals surface area (Å²) in [5.74, 6) is 0.242. The topological polar surface area (TPSA) is 90.0 Å². The quantitative estimate of drug-likeness (QED) is 0.184. The van der Waals surface area contributed by atoms with Gasteiger partial charge in [-0.1, -0.05) is 60.2 Å². The Balaban J connectivity index is 1.43. The predicted octanol–water partition coefficient (Wildman–Crippen LogP) is 6.34. The largest absolute Gasteiger partial charge is 0.492 e. The molecule has 5 rings (SSSR count). The number of nitrogens with zero attached hydrogens (tertiary/aromatic N) is 1. The molecule has 7 nitrogen and oxygen atoms in total. The normalized spacial score (nSPS) is 14.8. The van der Waals surface area contributed by atoms with E-state index in [1.165, 1.54) is 18.2 Å². The first kappa shape index (κ1) is 26.5. The number of rotatable bonds is 8. The van der Waals surface area contributed by atoms with Crippen molar-refractivity contribution in [2.75, 3.05) is 13.2 Å². The smallest absolute Gasteiger partial charge is 0.339 e. The molecule has 9 heteroatoms. The van der Waals surface area contributed by atoms with Crippen LogP contribution in [0.5, 0.6) is 11.5 Å². The van der Waals surface area contributed by atoms with Crippen LogP contribution in [0.2, 0.25) is 0 Å². The van der Waals surface area contributed by atoms with Gasteiger partial charge in [0.05, 0.1) is 11.4 Å². The van der Waals surface area contributed by atoms with Crippen LogP contribution in [-0.4, -0.2) is 37.6 Å². The Kier molecular flexibility index (Phi) is 7.45. The molecular formula is C30H25NO6S2. The predicted molar refractivity (Wildman–Crippen MR) is 152 cm³/mol. The summed E-state index contributed by atoms with van der Waals surface area (Å²) < 4.78 is 37.4. The van der Waals surface area contributed by atoms with Crippen molar-refractivity contribution in [3.8, 4) is 11.5 Å². The van der Waals surface area contributed by atoms with E-state index in [4.69, 9.17) is 8.92 Å². The SMILES string of the molecule is Cc1ccc(S(=O)(=O)Oc2ccc3ccccc3c2/C=C2\SC(=O)N(CCOc3cccc(C)c3)C2=O)cc1. The summed E-state index contributed by atoms with van der Waals surface area (Å²) in [7, 11) is -4.15. The van der Waals surface area contributed by atoms with Crippen molar-refractivity contribution in [3.05, 3.63) is 107 Å². The van der Waals surface area contributed by atoms with Crippen LogP contribution in [0.4, 0.5) is 4.79 Å². The monoisotopic (exact) mass is 559 g/mol. The maximum absolute atomic E-state index is 13.2. The molecule has 0 saturated carbocycles. The van der Waals surface area contributed by atoms with Gasteiger partial charge in [-0.05, 0) is 78.4 Å². The number of hydrogen-bond donors (Lipinski definition) is 0. The molecule has 1 aliphatic heterocycles. The van der Waals surface area contributed by atoms with Gasteiger partial charge < -0.3 is 8.92 Å². The molecular weight excluding hydrogens is 534 g/mol. The van der Waals surface area contributed by atoms with Crippen LogP contribution in [0.3, 0.4) is 0 Å². The Bertz CT molecular complexity index is 1710. The summed E-state index contributed by atoms with van der Waals surface area (Å²) in [5.41, 5.74) is 2.35. The highest BCUT2D eigenvalue weighted by atomic mass is 32.2. The average molecular weight is 560 g/mol. The molecule has 4 aromatic carbocycles. The molecule has 4 aromatic rings. The van der Waals surface area contributed by atoms with E-state index in [2.05, 4.69) is 0 Å². The van der Waals surface area contributed by atoms with Crippen molar-refractivity contribution in [1.29, 1.82) is 0 Å². The molecule has 1 aliphatic rings. The number of carbonyl (C=O) groups is 2. The minimum Gasteiger partial charge on any atom is -0.492 e. The van der Waals surface area contributed by atoms with E-state index in [0.29, 0.717) is 16.7 Å². The summed E-state index contributed by atoms with van der Waals surface area (Å²) >= 11 is 0.797. The van der Waals surface area contributed by atoms with Crippen LogP contribution in [0, 0.1) is 13.8 Å². The van der Waals surface area contributed by atoms with Crippen LogP contribution in [0.1, 0.15) is 16.7 Å². The molecule has 0 spiro atoms. The van der Waals surface area contributed by atoms with Crippen molar-refractivity contribution >= 4 is 49.9 Å². The summed E-state index contributed by atoms with van der Waals surface area (Å²) in [6.45, 7) is 4.04. The van der Waals surface area contributed by atoms with Gasteiger partial charge >= 0.3 is 10.1 Å². The van der Waals surface area contributed by atoms with Crippen molar-refractivity contribution in [3.63, 3.8) is 0 Å². The van der Waals surface area contributed by atoms with Crippen LogP contribution < -0.4 is 8.92 Å². The summed E-state index contributed by atoms with van der Waals surface area (Å²) in [4.78, 5) is 27.2. The maximum Gasteiger partial charge on any atom is 0.339 e. The first-order chi connectivity index (χ1) is 18.7. The van der Waals surface area contributed by atoms with E-state index in [1.807, 2.05) is 62.4 Å². The first-order valence-electron chi connectivity index (χ1n) is 12.2. The lowest BCUT2D eigenvalue weighted by molar-refractivity contribution is -0.123. The highest BCUT2D eigenvalue weighted by molar-refractivity contribution is 8.18. The van der Waals surface area contributed by atoms with Gasteiger partial charge in [0, 0.05) is 5.56 Å². The van der Waals surface area contributed by atoms with Gasteiger partial charge in [-0.3, -0.25) is 14.5 Å². The molecule has 0 radical (unpaired) electrons. The lowest BCUT2D eigenvalue weighted by Crippen LogP contribution is -2.32. The number of benzene rings is 4. The molecule has 0 bridgehead atoms. The number of amides is 2. The summed E-state index contributed by atoms with van der Waals surface area (Å²) in [5, 5.41) is 1.09. The van der Waals surface area contributed by atoms with Gasteiger partial charge in [-0.25, -0.2) is 0 Å². The Morgan fingerprint density at radius 3 is 2.41 bits per heavy atom. The van der Waals surface area contributed by atoms with Gasteiger partial charge in [0.1, 0.15) is 17.3 Å². The second kappa shape index (κ2) is 11.0. The lowest BCUT2D eigenvalue weighted by atomic mass is 10.0. The van der Waals surface area contributed by atoms with Crippen molar-refractivity contribution in [1.82, 2.24) is 4.90 Å². The molecule has 0 aromatic heterocycles. The molecule has 2 amide bonds. The zero-order valence-electron chi connectivity index (χ0n) is 21.3. The van der Waals surface area contributed by atoms with E-state index in [1.54, 1.807) is 24.3 Å². The van der Waals surface area contributed by atoms with E-state index in [-0.39, 0.29) is 28.7 Å². The molecule has 1 heterocycles. The summed E-state index contributed by atoms with van der Waals surface area (Å²) in [6, 6.07) is 24.5. The number of carbonyl (C=O) groups excluding carboxylic acids is 2. The Hall–Kier alpha value is -4.08. The number of fused-ring (bicyclic) bond motifs is 1. The second-order valence-corrected chi connectivity index (χ2v) is 11.6. The van der Waals surface area contributed by atoms with Crippen LogP contribution >= 0.6 is 11.8 Å². The average Bonchev–Trinajstić information content (AvgIpc) is 3.17. The van der Waals surface area contributed by atoms with Crippen LogP contribution in [0.15, 0.2) is 94.7 Å². The molecule has 0 unspecified atom stereocenters. The fourth-order valence-corrected chi connectivity index (χ4v) is 5.95. The third kappa shape index (κ3) is 5.84.